The maximum Gasteiger partial charge on any atom is 0.00473 e. The molecule has 0 aromatic rings. The molecule has 1 atom stereocenters. The third-order valence-corrected chi connectivity index (χ3v) is 4.49. The van der Waals surface area contributed by atoms with E-state index in [0.29, 0.717) is 0 Å². The largest absolute Gasteiger partial charge is 0.159 e. The lowest BCUT2D eigenvalue weighted by atomic mass is 9.99. The molecule has 0 aromatic heterocycles. The summed E-state index contributed by atoms with van der Waals surface area (Å²) in [5, 5.41) is 0.989. The summed E-state index contributed by atoms with van der Waals surface area (Å²) in [5.74, 6) is 2.19. The summed E-state index contributed by atoms with van der Waals surface area (Å²) < 4.78 is 0. The van der Waals surface area contributed by atoms with Crippen molar-refractivity contribution in [3.05, 3.63) is 12.2 Å². The second-order valence-corrected chi connectivity index (χ2v) is 6.64. The lowest BCUT2D eigenvalue weighted by molar-refractivity contribution is 0.593. The summed E-state index contributed by atoms with van der Waals surface area (Å²) in [6.07, 6.45) is 9.62. The van der Waals surface area contributed by atoms with Crippen LogP contribution in [0.25, 0.3) is 0 Å². The van der Waals surface area contributed by atoms with E-state index in [2.05, 4.69) is 32.2 Å². The molecule has 1 aliphatic heterocycles. The van der Waals surface area contributed by atoms with E-state index < -0.39 is 0 Å². The van der Waals surface area contributed by atoms with Crippen LogP contribution in [0.5, 0.6) is 0 Å². The molecule has 15 heavy (non-hydrogen) atoms. The van der Waals surface area contributed by atoms with Crippen molar-refractivity contribution in [2.24, 2.45) is 5.92 Å². The second kappa shape index (κ2) is 7.38. The fraction of sp³-hybridized carbons (Fsp3) is 0.857. The van der Waals surface area contributed by atoms with Crippen molar-refractivity contribution < 1.29 is 0 Å². The van der Waals surface area contributed by atoms with Crippen LogP contribution >= 0.6 is 11.8 Å². The Kier molecular flexibility index (Phi) is 6.47. The van der Waals surface area contributed by atoms with Gasteiger partial charge in [0.15, 0.2) is 0 Å². The molecule has 88 valence electrons. The Morgan fingerprint density at radius 1 is 1.40 bits per heavy atom. The van der Waals surface area contributed by atoms with Gasteiger partial charge >= 0.3 is 0 Å². The average Bonchev–Trinajstić information content (AvgIpc) is 2.63. The molecule has 1 saturated heterocycles. The smallest absolute Gasteiger partial charge is 0.00473 e. The van der Waals surface area contributed by atoms with E-state index in [1.54, 1.807) is 0 Å². The number of thioether (sulfide) groups is 1. The lowest BCUT2D eigenvalue weighted by Crippen LogP contribution is -1.96. The average molecular weight is 226 g/mol. The SMILES string of the molecule is C=C(CCCCC1CCCS1)CC(C)C. The Morgan fingerprint density at radius 3 is 2.80 bits per heavy atom. The van der Waals surface area contributed by atoms with Crippen LogP contribution in [0.3, 0.4) is 0 Å². The monoisotopic (exact) mass is 226 g/mol. The van der Waals surface area contributed by atoms with Crippen molar-refractivity contribution in [2.75, 3.05) is 5.75 Å². The molecule has 1 fully saturated rings. The Labute approximate surface area is 99.9 Å². The molecule has 0 aromatic carbocycles. The first-order valence-electron chi connectivity index (χ1n) is 6.46. The Morgan fingerprint density at radius 2 is 2.20 bits per heavy atom. The number of allylic oxidation sites excluding steroid dienone is 1. The van der Waals surface area contributed by atoms with Crippen molar-refractivity contribution in [3.8, 4) is 0 Å². The molecule has 0 nitrogen and oxygen atoms in total. The quantitative estimate of drug-likeness (QED) is 0.432. The molecule has 0 bridgehead atoms. The van der Waals surface area contributed by atoms with Crippen molar-refractivity contribution in [1.82, 2.24) is 0 Å². The summed E-state index contributed by atoms with van der Waals surface area (Å²) in [5.41, 5.74) is 1.46. The number of unbranched alkanes of at least 4 members (excludes halogenated alkanes) is 1. The predicted octanol–water partition coefficient (Wildman–Crippen LogP) is 5.04. The van der Waals surface area contributed by atoms with Gasteiger partial charge in [-0.2, -0.15) is 11.8 Å². The van der Waals surface area contributed by atoms with Crippen LogP contribution in [0.4, 0.5) is 0 Å². The summed E-state index contributed by atoms with van der Waals surface area (Å²) in [6.45, 7) is 8.72. The first-order chi connectivity index (χ1) is 7.18. The molecule has 0 N–H and O–H groups in total. The zero-order valence-corrected chi connectivity index (χ0v) is 11.2. The van der Waals surface area contributed by atoms with Crippen LogP contribution in [0, 0.1) is 5.92 Å². The van der Waals surface area contributed by atoms with Gasteiger partial charge in [0, 0.05) is 5.25 Å². The predicted molar refractivity (Wildman–Crippen MR) is 72.5 cm³/mol. The third kappa shape index (κ3) is 6.29. The van der Waals surface area contributed by atoms with Gasteiger partial charge in [-0.25, -0.2) is 0 Å². The van der Waals surface area contributed by atoms with E-state index in [0.717, 1.165) is 11.2 Å². The van der Waals surface area contributed by atoms with Gasteiger partial charge in [-0.15, -0.1) is 0 Å². The Balaban J connectivity index is 1.94. The van der Waals surface area contributed by atoms with Crippen LogP contribution in [-0.4, -0.2) is 11.0 Å². The highest BCUT2D eigenvalue weighted by molar-refractivity contribution is 8.00. The highest BCUT2D eigenvalue weighted by Gasteiger charge is 2.14. The van der Waals surface area contributed by atoms with Gasteiger partial charge in [-0.05, 0) is 50.2 Å². The molecule has 0 aliphatic carbocycles. The van der Waals surface area contributed by atoms with Gasteiger partial charge in [0.2, 0.25) is 0 Å². The third-order valence-electron chi connectivity index (χ3n) is 3.03. The number of hydrogen-bond acceptors (Lipinski definition) is 1. The molecule has 1 heteroatoms. The Bertz CT molecular complexity index is 178. The second-order valence-electron chi connectivity index (χ2n) is 5.23. The standard InChI is InChI=1S/C14H26S/c1-12(2)11-13(3)7-4-5-8-14-9-6-10-15-14/h12,14H,3-11H2,1-2H3. The van der Waals surface area contributed by atoms with Crippen LogP contribution in [0.15, 0.2) is 12.2 Å². The first kappa shape index (κ1) is 13.2. The summed E-state index contributed by atoms with van der Waals surface area (Å²) in [7, 11) is 0. The summed E-state index contributed by atoms with van der Waals surface area (Å²) in [4.78, 5) is 0. The molecule has 1 rings (SSSR count). The normalized spacial score (nSPS) is 21.1. The van der Waals surface area contributed by atoms with Gasteiger partial charge in [-0.1, -0.05) is 32.4 Å². The molecule has 0 spiro atoms. The van der Waals surface area contributed by atoms with Crippen LogP contribution < -0.4 is 0 Å². The van der Waals surface area contributed by atoms with Crippen molar-refractivity contribution in [1.29, 1.82) is 0 Å². The zero-order valence-electron chi connectivity index (χ0n) is 10.4. The molecular formula is C14H26S. The molecule has 1 unspecified atom stereocenters. The summed E-state index contributed by atoms with van der Waals surface area (Å²) >= 11 is 2.19. The van der Waals surface area contributed by atoms with E-state index in [1.807, 2.05) is 0 Å². The Hall–Kier alpha value is 0.0900. The topological polar surface area (TPSA) is 0 Å². The lowest BCUT2D eigenvalue weighted by Gasteiger charge is -2.10. The minimum Gasteiger partial charge on any atom is -0.159 e. The molecule has 0 radical (unpaired) electrons. The van der Waals surface area contributed by atoms with E-state index in [9.17, 15) is 0 Å². The zero-order chi connectivity index (χ0) is 11.1. The fourth-order valence-corrected chi connectivity index (χ4v) is 3.63. The first-order valence-corrected chi connectivity index (χ1v) is 7.51. The van der Waals surface area contributed by atoms with E-state index in [4.69, 9.17) is 0 Å². The molecular weight excluding hydrogens is 200 g/mol. The maximum absolute atomic E-state index is 4.16. The van der Waals surface area contributed by atoms with Crippen molar-refractivity contribution >= 4 is 11.8 Å². The molecule has 1 aliphatic rings. The van der Waals surface area contributed by atoms with Gasteiger partial charge in [0.25, 0.3) is 0 Å². The van der Waals surface area contributed by atoms with Crippen LogP contribution in [0.2, 0.25) is 0 Å². The van der Waals surface area contributed by atoms with Gasteiger partial charge in [-0.3, -0.25) is 0 Å². The fourth-order valence-electron chi connectivity index (χ4n) is 2.30. The minimum atomic E-state index is 0.780. The highest BCUT2D eigenvalue weighted by Crippen LogP contribution is 2.30. The molecule has 0 amide bonds. The minimum absolute atomic E-state index is 0.780. The van der Waals surface area contributed by atoms with Crippen LogP contribution in [0.1, 0.15) is 58.8 Å². The summed E-state index contributed by atoms with van der Waals surface area (Å²) in [6, 6.07) is 0. The highest BCUT2D eigenvalue weighted by atomic mass is 32.2. The number of rotatable bonds is 7. The van der Waals surface area contributed by atoms with Crippen LogP contribution in [-0.2, 0) is 0 Å². The number of hydrogen-bond donors (Lipinski definition) is 0. The van der Waals surface area contributed by atoms with Gasteiger partial charge < -0.3 is 0 Å². The molecule has 1 heterocycles. The van der Waals surface area contributed by atoms with Crippen molar-refractivity contribution in [2.45, 2.75) is 64.0 Å². The van der Waals surface area contributed by atoms with Gasteiger partial charge in [0.05, 0.1) is 0 Å². The van der Waals surface area contributed by atoms with E-state index in [1.165, 1.54) is 56.3 Å². The van der Waals surface area contributed by atoms with Crippen molar-refractivity contribution in [3.63, 3.8) is 0 Å². The van der Waals surface area contributed by atoms with E-state index in [-0.39, 0.29) is 0 Å². The van der Waals surface area contributed by atoms with E-state index >= 15 is 0 Å². The maximum atomic E-state index is 4.16. The van der Waals surface area contributed by atoms with Gasteiger partial charge in [0.1, 0.15) is 0 Å². The molecule has 0 saturated carbocycles.